The molecule has 0 spiro atoms. The summed E-state index contributed by atoms with van der Waals surface area (Å²) in [6, 6.07) is 21.1. The van der Waals surface area contributed by atoms with Gasteiger partial charge in [-0.3, -0.25) is 0 Å². The van der Waals surface area contributed by atoms with Crippen LogP contribution in [0.4, 0.5) is 4.79 Å². The molecule has 3 aromatic carbocycles. The first-order chi connectivity index (χ1) is 16.0. The Labute approximate surface area is 197 Å². The molecule has 0 bridgehead atoms. The van der Waals surface area contributed by atoms with Crippen LogP contribution in [0.1, 0.15) is 35.1 Å². The number of benzene rings is 3. The summed E-state index contributed by atoms with van der Waals surface area (Å²) in [5, 5.41) is 23.7. The smallest absolute Gasteiger partial charge is 0.407 e. The predicted molar refractivity (Wildman–Crippen MR) is 127 cm³/mol. The van der Waals surface area contributed by atoms with Gasteiger partial charge in [-0.05, 0) is 40.8 Å². The van der Waals surface area contributed by atoms with Crippen LogP contribution in [0.2, 0.25) is 5.02 Å². The van der Waals surface area contributed by atoms with Crippen LogP contribution >= 0.6 is 11.6 Å². The number of carbonyl (C=O) groups is 1. The van der Waals surface area contributed by atoms with Crippen molar-refractivity contribution in [3.63, 3.8) is 0 Å². The first-order valence-corrected chi connectivity index (χ1v) is 11.2. The Hall–Kier alpha value is -3.06. The van der Waals surface area contributed by atoms with E-state index in [2.05, 4.69) is 29.6 Å². The number of nitrogens with one attached hydrogen (secondary N) is 1. The topological polar surface area (TPSA) is 88.0 Å². The highest BCUT2D eigenvalue weighted by Crippen LogP contribution is 2.44. The van der Waals surface area contributed by atoms with Gasteiger partial charge in [-0.1, -0.05) is 66.2 Å². The van der Waals surface area contributed by atoms with Gasteiger partial charge in [0.1, 0.15) is 18.5 Å². The van der Waals surface area contributed by atoms with Crippen LogP contribution in [0, 0.1) is 0 Å². The number of hydrogen-bond donors (Lipinski definition) is 3. The molecule has 0 saturated carbocycles. The number of ether oxygens (including phenoxy) is 2. The molecule has 33 heavy (non-hydrogen) atoms. The van der Waals surface area contributed by atoms with Crippen molar-refractivity contribution in [3.8, 4) is 16.9 Å². The Morgan fingerprint density at radius 2 is 1.67 bits per heavy atom. The number of fused-ring (bicyclic) bond motifs is 3. The molecule has 1 aliphatic carbocycles. The van der Waals surface area contributed by atoms with Gasteiger partial charge in [-0.15, -0.1) is 0 Å². The number of rotatable bonds is 8. The molecule has 1 aliphatic rings. The number of halogens is 1. The van der Waals surface area contributed by atoms with Gasteiger partial charge < -0.3 is 25.0 Å². The summed E-state index contributed by atoms with van der Waals surface area (Å²) < 4.78 is 10.6. The number of amides is 1. The minimum absolute atomic E-state index is 0.0206. The van der Waals surface area contributed by atoms with Gasteiger partial charge in [0, 0.05) is 18.0 Å². The molecule has 6 nitrogen and oxygen atoms in total. The third-order valence-corrected chi connectivity index (χ3v) is 6.27. The number of aliphatic hydroxyl groups is 2. The molecule has 0 saturated heterocycles. The summed E-state index contributed by atoms with van der Waals surface area (Å²) in [6.07, 6.45) is -2.73. The Kier molecular flexibility index (Phi) is 7.18. The molecule has 0 aliphatic heterocycles. The van der Waals surface area contributed by atoms with Crippen LogP contribution < -0.4 is 10.1 Å². The van der Waals surface area contributed by atoms with Crippen LogP contribution in [-0.4, -0.2) is 42.7 Å². The van der Waals surface area contributed by atoms with E-state index in [1.54, 1.807) is 18.2 Å². The third-order valence-electron chi connectivity index (χ3n) is 5.94. The standard InChI is InChI=1S/C26H26ClNO5/c1-32-16-10-11-21(23(27)14-16)25(30)24(29)12-13-28-26(31)33-15-22-19-8-4-2-6-17(19)18-7-3-5-9-20(18)22/h2-11,14,22,24-25,29-30H,12-13,15H2,1H3,(H,28,31). The molecular formula is C26H26ClNO5. The zero-order valence-electron chi connectivity index (χ0n) is 18.2. The molecular weight excluding hydrogens is 442 g/mol. The minimum atomic E-state index is -1.19. The van der Waals surface area contributed by atoms with Crippen molar-refractivity contribution in [3.05, 3.63) is 88.4 Å². The monoisotopic (exact) mass is 467 g/mol. The van der Waals surface area contributed by atoms with Gasteiger partial charge in [0.25, 0.3) is 0 Å². The summed E-state index contributed by atoms with van der Waals surface area (Å²) >= 11 is 6.17. The molecule has 3 aromatic rings. The predicted octanol–water partition coefficient (Wildman–Crippen LogP) is 4.67. The Morgan fingerprint density at radius 1 is 1.03 bits per heavy atom. The normalized spacial score (nSPS) is 14.2. The lowest BCUT2D eigenvalue weighted by Crippen LogP contribution is -2.30. The Balaban J connectivity index is 1.28. The average molecular weight is 468 g/mol. The van der Waals surface area contributed by atoms with E-state index in [1.165, 1.54) is 7.11 Å². The van der Waals surface area contributed by atoms with Crippen LogP contribution in [0.15, 0.2) is 66.7 Å². The maximum atomic E-state index is 12.3. The van der Waals surface area contributed by atoms with Crippen LogP contribution in [0.25, 0.3) is 11.1 Å². The van der Waals surface area contributed by atoms with E-state index in [-0.39, 0.29) is 25.5 Å². The van der Waals surface area contributed by atoms with E-state index < -0.39 is 18.3 Å². The summed E-state index contributed by atoms with van der Waals surface area (Å²) in [5.74, 6) is 0.537. The van der Waals surface area contributed by atoms with Crippen LogP contribution in [-0.2, 0) is 4.74 Å². The van der Waals surface area contributed by atoms with E-state index in [4.69, 9.17) is 21.1 Å². The first-order valence-electron chi connectivity index (χ1n) is 10.8. The zero-order valence-corrected chi connectivity index (χ0v) is 19.0. The lowest BCUT2D eigenvalue weighted by molar-refractivity contribution is 0.0137. The van der Waals surface area contributed by atoms with Gasteiger partial charge in [0.05, 0.1) is 18.2 Å². The van der Waals surface area contributed by atoms with Crippen LogP contribution in [0.3, 0.4) is 0 Å². The molecule has 0 radical (unpaired) electrons. The largest absolute Gasteiger partial charge is 0.497 e. The highest BCUT2D eigenvalue weighted by Gasteiger charge is 2.29. The van der Waals surface area contributed by atoms with Gasteiger partial charge >= 0.3 is 6.09 Å². The minimum Gasteiger partial charge on any atom is -0.497 e. The van der Waals surface area contributed by atoms with Crippen molar-refractivity contribution in [2.75, 3.05) is 20.3 Å². The van der Waals surface area contributed by atoms with Gasteiger partial charge in [0.15, 0.2) is 0 Å². The summed E-state index contributed by atoms with van der Waals surface area (Å²) in [5.41, 5.74) is 5.00. The number of methoxy groups -OCH3 is 1. The number of aliphatic hydroxyl groups excluding tert-OH is 2. The zero-order chi connectivity index (χ0) is 23.4. The highest BCUT2D eigenvalue weighted by atomic mass is 35.5. The molecule has 4 rings (SSSR count). The van der Waals surface area contributed by atoms with E-state index in [1.807, 2.05) is 24.3 Å². The van der Waals surface area contributed by atoms with Crippen molar-refractivity contribution in [2.45, 2.75) is 24.5 Å². The average Bonchev–Trinajstić information content (AvgIpc) is 3.16. The van der Waals surface area contributed by atoms with Gasteiger partial charge in [-0.25, -0.2) is 4.79 Å². The van der Waals surface area contributed by atoms with Crippen molar-refractivity contribution in [1.29, 1.82) is 0 Å². The summed E-state index contributed by atoms with van der Waals surface area (Å²) in [7, 11) is 1.52. The number of alkyl carbamates (subject to hydrolysis) is 1. The highest BCUT2D eigenvalue weighted by molar-refractivity contribution is 6.31. The maximum absolute atomic E-state index is 12.3. The fourth-order valence-electron chi connectivity index (χ4n) is 4.21. The SMILES string of the molecule is COc1ccc(C(O)C(O)CCNC(=O)OCC2c3ccccc3-c3ccccc32)c(Cl)c1. The van der Waals surface area contributed by atoms with Crippen molar-refractivity contribution in [1.82, 2.24) is 5.32 Å². The molecule has 0 fully saturated rings. The van der Waals surface area contributed by atoms with Crippen molar-refractivity contribution >= 4 is 17.7 Å². The quantitative estimate of drug-likeness (QED) is 0.448. The molecule has 2 atom stereocenters. The molecule has 2 unspecified atom stereocenters. The first kappa shape index (κ1) is 23.1. The van der Waals surface area contributed by atoms with E-state index in [9.17, 15) is 15.0 Å². The Bertz CT molecular complexity index is 1090. The molecule has 1 amide bonds. The number of hydrogen-bond acceptors (Lipinski definition) is 5. The summed E-state index contributed by atoms with van der Waals surface area (Å²) in [4.78, 5) is 12.3. The fraction of sp³-hybridized carbons (Fsp3) is 0.269. The molecule has 172 valence electrons. The van der Waals surface area contributed by atoms with Gasteiger partial charge in [-0.2, -0.15) is 0 Å². The fourth-order valence-corrected chi connectivity index (χ4v) is 4.49. The van der Waals surface area contributed by atoms with E-state index in [0.717, 1.165) is 22.3 Å². The second kappa shape index (κ2) is 10.3. The summed E-state index contributed by atoms with van der Waals surface area (Å²) in [6.45, 7) is 0.356. The lowest BCUT2D eigenvalue weighted by atomic mass is 9.98. The second-order valence-electron chi connectivity index (χ2n) is 7.94. The molecule has 7 heteroatoms. The van der Waals surface area contributed by atoms with Crippen LogP contribution in [0.5, 0.6) is 5.75 Å². The van der Waals surface area contributed by atoms with E-state index in [0.29, 0.717) is 16.3 Å². The van der Waals surface area contributed by atoms with Crippen molar-refractivity contribution < 1.29 is 24.5 Å². The third kappa shape index (κ3) is 4.98. The lowest BCUT2D eigenvalue weighted by Gasteiger charge is -2.20. The molecule has 3 N–H and O–H groups in total. The number of carbonyl (C=O) groups excluding carboxylic acids is 1. The van der Waals surface area contributed by atoms with Gasteiger partial charge in [0.2, 0.25) is 0 Å². The molecule has 0 aromatic heterocycles. The molecule has 0 heterocycles. The maximum Gasteiger partial charge on any atom is 0.407 e. The second-order valence-corrected chi connectivity index (χ2v) is 8.35. The Morgan fingerprint density at radius 3 is 2.27 bits per heavy atom. The van der Waals surface area contributed by atoms with E-state index >= 15 is 0 Å². The van der Waals surface area contributed by atoms with Crippen molar-refractivity contribution in [2.24, 2.45) is 0 Å².